The highest BCUT2D eigenvalue weighted by molar-refractivity contribution is 9.10. The molecule has 0 aliphatic rings. The number of carbonyl (C=O) groups excluding carboxylic acids is 1. The molecule has 0 fully saturated rings. The lowest BCUT2D eigenvalue weighted by Crippen LogP contribution is -2.17. The number of aromatic nitrogens is 1. The first-order valence-electron chi connectivity index (χ1n) is 11.1. The van der Waals surface area contributed by atoms with Crippen LogP contribution in [0.15, 0.2) is 80.7 Å². The van der Waals surface area contributed by atoms with Crippen LogP contribution in [0, 0.1) is 26.2 Å². The Morgan fingerprint density at radius 2 is 1.83 bits per heavy atom. The first kappa shape index (κ1) is 24.9. The van der Waals surface area contributed by atoms with E-state index in [-0.39, 0.29) is 19.0 Å². The Balaban J connectivity index is 1.32. The molecule has 4 rings (SSSR count). The molecule has 0 saturated carbocycles. The number of furan rings is 1. The third-order valence-electron chi connectivity index (χ3n) is 5.29. The second-order valence-electron chi connectivity index (χ2n) is 7.87. The van der Waals surface area contributed by atoms with Gasteiger partial charge >= 0.3 is 5.91 Å². The molecular weight excluding hydrogens is 522 g/mol. The molecule has 7 nitrogen and oxygen atoms in total. The van der Waals surface area contributed by atoms with Gasteiger partial charge < -0.3 is 18.5 Å². The standard InChI is InChI=1S/C28H24BrN3O4/c1-4-15-34-26-13-7-22(29)16-21(26)17-30-31-28(33)27-14-12-25(36-27)18-35-24-10-8-23(9-11-24)32-19(2)5-6-20(32)3/h1,5-14,16-17H,15,18H2,2-3H3,(H,31,33)/b30-17+. The van der Waals surface area contributed by atoms with Crippen molar-refractivity contribution in [3.05, 3.63) is 99.7 Å². The third-order valence-corrected chi connectivity index (χ3v) is 5.78. The SMILES string of the molecule is C#CCOc1ccc(Br)cc1/C=N/NC(=O)c1ccc(COc2ccc(-n3c(C)ccc3C)cc2)o1. The van der Waals surface area contributed by atoms with Crippen LogP contribution < -0.4 is 14.9 Å². The fourth-order valence-corrected chi connectivity index (χ4v) is 3.96. The monoisotopic (exact) mass is 545 g/mol. The van der Waals surface area contributed by atoms with Crippen LogP contribution in [0.2, 0.25) is 0 Å². The number of halogens is 1. The van der Waals surface area contributed by atoms with Crippen LogP contribution in [0.3, 0.4) is 0 Å². The summed E-state index contributed by atoms with van der Waals surface area (Å²) in [6.07, 6.45) is 6.73. The van der Waals surface area contributed by atoms with E-state index in [2.05, 4.69) is 62.9 Å². The maximum Gasteiger partial charge on any atom is 0.307 e. The fourth-order valence-electron chi connectivity index (χ4n) is 3.59. The number of carbonyl (C=O) groups is 1. The van der Waals surface area contributed by atoms with Gasteiger partial charge in [-0.15, -0.1) is 6.42 Å². The van der Waals surface area contributed by atoms with Gasteiger partial charge in [0.15, 0.2) is 5.76 Å². The summed E-state index contributed by atoms with van der Waals surface area (Å²) in [6.45, 7) is 4.45. The van der Waals surface area contributed by atoms with Gasteiger partial charge in [-0.05, 0) is 80.6 Å². The van der Waals surface area contributed by atoms with Gasteiger partial charge in [0.25, 0.3) is 0 Å². The quantitative estimate of drug-likeness (QED) is 0.164. The van der Waals surface area contributed by atoms with Crippen molar-refractivity contribution >= 4 is 28.1 Å². The van der Waals surface area contributed by atoms with E-state index in [0.29, 0.717) is 22.8 Å². The number of hydrazone groups is 1. The van der Waals surface area contributed by atoms with Crippen LogP contribution in [-0.4, -0.2) is 23.3 Å². The minimum Gasteiger partial charge on any atom is -0.486 e. The van der Waals surface area contributed by atoms with Gasteiger partial charge in [0.05, 0.1) is 6.21 Å². The lowest BCUT2D eigenvalue weighted by atomic mass is 10.2. The Morgan fingerprint density at radius 3 is 2.56 bits per heavy atom. The molecule has 4 aromatic rings. The molecule has 0 saturated heterocycles. The fraction of sp³-hybridized carbons (Fsp3) is 0.143. The van der Waals surface area contributed by atoms with E-state index in [4.69, 9.17) is 20.3 Å². The number of terminal acetylenes is 1. The Hall–Kier alpha value is -4.22. The molecule has 0 radical (unpaired) electrons. The van der Waals surface area contributed by atoms with Gasteiger partial charge in [0.2, 0.25) is 0 Å². The van der Waals surface area contributed by atoms with Crippen LogP contribution in [0.5, 0.6) is 11.5 Å². The zero-order valence-corrected chi connectivity index (χ0v) is 21.4. The van der Waals surface area contributed by atoms with Gasteiger partial charge in [-0.25, -0.2) is 5.43 Å². The highest BCUT2D eigenvalue weighted by Gasteiger charge is 2.11. The van der Waals surface area contributed by atoms with E-state index < -0.39 is 5.91 Å². The predicted octanol–water partition coefficient (Wildman–Crippen LogP) is 5.80. The normalized spacial score (nSPS) is 10.8. The van der Waals surface area contributed by atoms with Crippen molar-refractivity contribution in [1.29, 1.82) is 0 Å². The van der Waals surface area contributed by atoms with Crippen LogP contribution >= 0.6 is 15.9 Å². The predicted molar refractivity (Wildman–Crippen MR) is 142 cm³/mol. The van der Waals surface area contributed by atoms with Crippen molar-refractivity contribution < 1.29 is 18.7 Å². The maximum atomic E-state index is 12.4. The summed E-state index contributed by atoms with van der Waals surface area (Å²) in [4.78, 5) is 12.4. The third kappa shape index (κ3) is 6.06. The zero-order chi connectivity index (χ0) is 25.5. The molecule has 0 bridgehead atoms. The van der Waals surface area contributed by atoms with E-state index in [1.165, 1.54) is 17.6 Å². The van der Waals surface area contributed by atoms with Crippen LogP contribution in [0.25, 0.3) is 5.69 Å². The number of hydrogen-bond acceptors (Lipinski definition) is 5. The van der Waals surface area contributed by atoms with Gasteiger partial charge in [-0.1, -0.05) is 21.9 Å². The Morgan fingerprint density at radius 1 is 1.08 bits per heavy atom. The first-order valence-corrected chi connectivity index (χ1v) is 11.9. The highest BCUT2D eigenvalue weighted by Crippen LogP contribution is 2.22. The summed E-state index contributed by atoms with van der Waals surface area (Å²) in [5.74, 6) is 3.82. The van der Waals surface area contributed by atoms with Crippen LogP contribution in [-0.2, 0) is 6.61 Å². The highest BCUT2D eigenvalue weighted by atomic mass is 79.9. The summed E-state index contributed by atoms with van der Waals surface area (Å²) in [7, 11) is 0. The molecule has 2 aromatic heterocycles. The Labute approximate surface area is 217 Å². The largest absolute Gasteiger partial charge is 0.486 e. The van der Waals surface area contributed by atoms with Gasteiger partial charge in [0.1, 0.15) is 30.5 Å². The van der Waals surface area contributed by atoms with E-state index in [0.717, 1.165) is 10.2 Å². The van der Waals surface area contributed by atoms with Gasteiger partial charge in [0, 0.05) is 27.1 Å². The topological polar surface area (TPSA) is 78.0 Å². The molecule has 2 heterocycles. The summed E-state index contributed by atoms with van der Waals surface area (Å²) >= 11 is 3.40. The minimum atomic E-state index is -0.486. The molecule has 0 spiro atoms. The van der Waals surface area contributed by atoms with Gasteiger partial charge in [-0.3, -0.25) is 4.79 Å². The van der Waals surface area contributed by atoms with Crippen molar-refractivity contribution in [2.75, 3.05) is 6.61 Å². The molecule has 1 amide bonds. The molecule has 8 heteroatoms. The number of nitrogens with one attached hydrogen (secondary N) is 1. The number of amides is 1. The second-order valence-corrected chi connectivity index (χ2v) is 8.79. The molecule has 1 N–H and O–H groups in total. The summed E-state index contributed by atoms with van der Waals surface area (Å²) in [6, 6.07) is 20.7. The number of nitrogens with zero attached hydrogens (tertiary/aromatic N) is 2. The number of aryl methyl sites for hydroxylation is 2. The zero-order valence-electron chi connectivity index (χ0n) is 19.8. The summed E-state index contributed by atoms with van der Waals surface area (Å²) in [5, 5.41) is 4.00. The van der Waals surface area contributed by atoms with Crippen LogP contribution in [0.1, 0.15) is 33.3 Å². The molecule has 36 heavy (non-hydrogen) atoms. The molecular formula is C28H24BrN3O4. The number of ether oxygens (including phenoxy) is 2. The van der Waals surface area contributed by atoms with E-state index in [9.17, 15) is 4.79 Å². The smallest absolute Gasteiger partial charge is 0.307 e. The maximum absolute atomic E-state index is 12.4. The lowest BCUT2D eigenvalue weighted by molar-refractivity contribution is 0.0923. The summed E-state index contributed by atoms with van der Waals surface area (Å²) in [5.41, 5.74) is 6.51. The molecule has 2 aromatic carbocycles. The van der Waals surface area contributed by atoms with Crippen molar-refractivity contribution in [2.24, 2.45) is 5.10 Å². The first-order chi connectivity index (χ1) is 17.4. The van der Waals surface area contributed by atoms with E-state index >= 15 is 0 Å². The molecule has 0 unspecified atom stereocenters. The van der Waals surface area contributed by atoms with E-state index in [1.54, 1.807) is 24.3 Å². The summed E-state index contributed by atoms with van der Waals surface area (Å²) < 4.78 is 19.9. The Bertz CT molecular complexity index is 1410. The number of rotatable bonds is 9. The van der Waals surface area contributed by atoms with Crippen molar-refractivity contribution in [2.45, 2.75) is 20.5 Å². The second kappa shape index (κ2) is 11.5. The minimum absolute atomic E-state index is 0.123. The average molecular weight is 546 g/mol. The molecule has 0 aliphatic heterocycles. The van der Waals surface area contributed by atoms with Crippen molar-refractivity contribution in [3.63, 3.8) is 0 Å². The van der Waals surface area contributed by atoms with Crippen LogP contribution in [0.4, 0.5) is 0 Å². The molecule has 0 atom stereocenters. The average Bonchev–Trinajstić information content (AvgIpc) is 3.49. The molecule has 0 aliphatic carbocycles. The molecule has 182 valence electrons. The number of benzene rings is 2. The van der Waals surface area contributed by atoms with Crippen molar-refractivity contribution in [1.82, 2.24) is 9.99 Å². The van der Waals surface area contributed by atoms with Gasteiger partial charge in [-0.2, -0.15) is 5.10 Å². The van der Waals surface area contributed by atoms with E-state index in [1.807, 2.05) is 30.3 Å². The lowest BCUT2D eigenvalue weighted by Gasteiger charge is -2.10. The van der Waals surface area contributed by atoms with Crippen molar-refractivity contribution in [3.8, 4) is 29.5 Å². The Kier molecular flexibility index (Phi) is 7.93. The number of hydrogen-bond donors (Lipinski definition) is 1.